The van der Waals surface area contributed by atoms with Crippen LogP contribution >= 0.6 is 0 Å². The zero-order valence-corrected chi connectivity index (χ0v) is 10.4. The van der Waals surface area contributed by atoms with Gasteiger partial charge in [0.2, 0.25) is 0 Å². The minimum Gasteiger partial charge on any atom is -0.497 e. The SMILES string of the molecule is COc1ccc([N+](=O)[O-])c(CN2CCNCC2)c1. The molecule has 0 amide bonds. The van der Waals surface area contributed by atoms with Crippen molar-refractivity contribution in [3.63, 3.8) is 0 Å². The van der Waals surface area contributed by atoms with Crippen LogP contribution in [0.3, 0.4) is 0 Å². The minimum absolute atomic E-state index is 0.161. The van der Waals surface area contributed by atoms with Crippen molar-refractivity contribution >= 4 is 5.69 Å². The molecule has 6 nitrogen and oxygen atoms in total. The molecule has 0 radical (unpaired) electrons. The van der Waals surface area contributed by atoms with Crippen LogP contribution in [0.1, 0.15) is 5.56 Å². The summed E-state index contributed by atoms with van der Waals surface area (Å²) < 4.78 is 5.13. The summed E-state index contributed by atoms with van der Waals surface area (Å²) in [4.78, 5) is 12.9. The van der Waals surface area contributed by atoms with Gasteiger partial charge in [0.05, 0.1) is 12.0 Å². The van der Waals surface area contributed by atoms with Crippen molar-refractivity contribution in [2.24, 2.45) is 0 Å². The molecule has 0 aliphatic carbocycles. The lowest BCUT2D eigenvalue weighted by atomic mass is 10.1. The highest BCUT2D eigenvalue weighted by atomic mass is 16.6. The molecular formula is C12H17N3O3. The van der Waals surface area contributed by atoms with E-state index in [4.69, 9.17) is 4.74 Å². The lowest BCUT2D eigenvalue weighted by Gasteiger charge is -2.27. The molecular weight excluding hydrogens is 234 g/mol. The molecule has 0 aromatic heterocycles. The fraction of sp³-hybridized carbons (Fsp3) is 0.500. The van der Waals surface area contributed by atoms with E-state index >= 15 is 0 Å². The third-order valence-corrected chi connectivity index (χ3v) is 3.09. The van der Waals surface area contributed by atoms with Crippen LogP contribution in [0.15, 0.2) is 18.2 Å². The van der Waals surface area contributed by atoms with Crippen molar-refractivity contribution in [1.29, 1.82) is 0 Å². The Hall–Kier alpha value is -1.66. The van der Waals surface area contributed by atoms with Gasteiger partial charge in [0.1, 0.15) is 5.75 Å². The Morgan fingerprint density at radius 1 is 1.44 bits per heavy atom. The van der Waals surface area contributed by atoms with Crippen LogP contribution in [0, 0.1) is 10.1 Å². The predicted molar refractivity (Wildman–Crippen MR) is 67.8 cm³/mol. The van der Waals surface area contributed by atoms with Crippen molar-refractivity contribution < 1.29 is 9.66 Å². The van der Waals surface area contributed by atoms with Crippen LogP contribution in [0.5, 0.6) is 5.75 Å². The molecule has 1 fully saturated rings. The molecule has 0 saturated carbocycles. The van der Waals surface area contributed by atoms with Crippen molar-refractivity contribution in [3.8, 4) is 5.75 Å². The summed E-state index contributed by atoms with van der Waals surface area (Å²) >= 11 is 0. The highest BCUT2D eigenvalue weighted by Gasteiger charge is 2.18. The average molecular weight is 251 g/mol. The molecule has 1 N–H and O–H groups in total. The molecule has 0 bridgehead atoms. The Kier molecular flexibility index (Phi) is 4.11. The first-order valence-electron chi connectivity index (χ1n) is 5.95. The number of ether oxygens (including phenoxy) is 1. The predicted octanol–water partition coefficient (Wildman–Crippen LogP) is 1.01. The van der Waals surface area contributed by atoms with Gasteiger partial charge in [-0.05, 0) is 12.1 Å². The van der Waals surface area contributed by atoms with E-state index in [9.17, 15) is 10.1 Å². The van der Waals surface area contributed by atoms with E-state index in [1.807, 2.05) is 0 Å². The van der Waals surface area contributed by atoms with E-state index in [0.29, 0.717) is 17.9 Å². The zero-order chi connectivity index (χ0) is 13.0. The van der Waals surface area contributed by atoms with Gasteiger partial charge in [-0.3, -0.25) is 15.0 Å². The van der Waals surface area contributed by atoms with Crippen LogP contribution in [-0.2, 0) is 6.54 Å². The molecule has 1 heterocycles. The number of benzene rings is 1. The Labute approximate surface area is 106 Å². The minimum atomic E-state index is -0.336. The normalized spacial score (nSPS) is 16.5. The molecule has 1 aliphatic heterocycles. The van der Waals surface area contributed by atoms with E-state index in [1.54, 1.807) is 19.2 Å². The number of rotatable bonds is 4. The first-order valence-corrected chi connectivity index (χ1v) is 5.95. The molecule has 1 aromatic rings. The molecule has 0 atom stereocenters. The van der Waals surface area contributed by atoms with Gasteiger partial charge in [0, 0.05) is 44.4 Å². The maximum Gasteiger partial charge on any atom is 0.274 e. The van der Waals surface area contributed by atoms with Gasteiger partial charge in [-0.1, -0.05) is 0 Å². The van der Waals surface area contributed by atoms with E-state index < -0.39 is 0 Å². The standard InChI is InChI=1S/C12H17N3O3/c1-18-11-2-3-12(15(16)17)10(8-11)9-14-6-4-13-5-7-14/h2-3,8,13H,4-7,9H2,1H3. The van der Waals surface area contributed by atoms with Crippen molar-refractivity contribution in [1.82, 2.24) is 10.2 Å². The summed E-state index contributed by atoms with van der Waals surface area (Å²) in [6.45, 7) is 4.27. The number of hydrogen-bond donors (Lipinski definition) is 1. The van der Waals surface area contributed by atoms with E-state index in [-0.39, 0.29) is 10.6 Å². The summed E-state index contributed by atoms with van der Waals surface area (Å²) in [5, 5.41) is 14.3. The van der Waals surface area contributed by atoms with Gasteiger partial charge in [-0.2, -0.15) is 0 Å². The van der Waals surface area contributed by atoms with Gasteiger partial charge in [-0.15, -0.1) is 0 Å². The quantitative estimate of drug-likeness (QED) is 0.639. The largest absolute Gasteiger partial charge is 0.497 e. The van der Waals surface area contributed by atoms with Crippen molar-refractivity contribution in [3.05, 3.63) is 33.9 Å². The van der Waals surface area contributed by atoms with Gasteiger partial charge >= 0.3 is 0 Å². The second-order valence-electron chi connectivity index (χ2n) is 4.28. The summed E-state index contributed by atoms with van der Waals surface area (Å²) in [6, 6.07) is 4.88. The van der Waals surface area contributed by atoms with Gasteiger partial charge < -0.3 is 10.1 Å². The Bertz CT molecular complexity index is 431. The number of nitrogens with one attached hydrogen (secondary N) is 1. The monoisotopic (exact) mass is 251 g/mol. The maximum atomic E-state index is 11.0. The fourth-order valence-corrected chi connectivity index (χ4v) is 2.10. The van der Waals surface area contributed by atoms with Gasteiger partial charge in [-0.25, -0.2) is 0 Å². The number of nitrogens with zero attached hydrogens (tertiary/aromatic N) is 2. The lowest BCUT2D eigenvalue weighted by Crippen LogP contribution is -2.42. The van der Waals surface area contributed by atoms with Gasteiger partial charge in [0.25, 0.3) is 5.69 Å². The molecule has 2 rings (SSSR count). The van der Waals surface area contributed by atoms with Crippen molar-refractivity contribution in [2.45, 2.75) is 6.54 Å². The molecule has 18 heavy (non-hydrogen) atoms. The maximum absolute atomic E-state index is 11.0. The van der Waals surface area contributed by atoms with Crippen LogP contribution in [0.25, 0.3) is 0 Å². The Balaban J connectivity index is 2.19. The van der Waals surface area contributed by atoms with Crippen LogP contribution in [-0.4, -0.2) is 43.1 Å². The second kappa shape index (κ2) is 5.79. The van der Waals surface area contributed by atoms with Crippen LogP contribution < -0.4 is 10.1 Å². The van der Waals surface area contributed by atoms with E-state index in [2.05, 4.69) is 10.2 Å². The van der Waals surface area contributed by atoms with Crippen LogP contribution in [0.2, 0.25) is 0 Å². The lowest BCUT2D eigenvalue weighted by molar-refractivity contribution is -0.385. The Morgan fingerprint density at radius 3 is 2.78 bits per heavy atom. The fourth-order valence-electron chi connectivity index (χ4n) is 2.10. The molecule has 0 spiro atoms. The first-order chi connectivity index (χ1) is 8.70. The highest BCUT2D eigenvalue weighted by Crippen LogP contribution is 2.25. The average Bonchev–Trinajstić information content (AvgIpc) is 2.39. The number of nitro benzene ring substituents is 1. The number of hydrogen-bond acceptors (Lipinski definition) is 5. The Morgan fingerprint density at radius 2 is 2.17 bits per heavy atom. The molecule has 1 aliphatic rings. The zero-order valence-electron chi connectivity index (χ0n) is 10.4. The molecule has 1 aromatic carbocycles. The number of nitro groups is 1. The first kappa shape index (κ1) is 12.8. The van der Waals surface area contributed by atoms with Crippen molar-refractivity contribution in [2.75, 3.05) is 33.3 Å². The molecule has 98 valence electrons. The summed E-state index contributed by atoms with van der Waals surface area (Å²) in [5.74, 6) is 0.658. The van der Waals surface area contributed by atoms with Gasteiger partial charge in [0.15, 0.2) is 0 Å². The van der Waals surface area contributed by atoms with E-state index in [1.165, 1.54) is 6.07 Å². The summed E-state index contributed by atoms with van der Waals surface area (Å²) in [6.07, 6.45) is 0. The summed E-state index contributed by atoms with van der Waals surface area (Å²) in [5.41, 5.74) is 0.871. The topological polar surface area (TPSA) is 67.6 Å². The third kappa shape index (κ3) is 2.96. The molecule has 1 saturated heterocycles. The summed E-state index contributed by atoms with van der Waals surface area (Å²) in [7, 11) is 1.57. The van der Waals surface area contributed by atoms with E-state index in [0.717, 1.165) is 26.2 Å². The third-order valence-electron chi connectivity index (χ3n) is 3.09. The van der Waals surface area contributed by atoms with Crippen LogP contribution in [0.4, 0.5) is 5.69 Å². The molecule has 0 unspecified atom stereocenters. The highest BCUT2D eigenvalue weighted by molar-refractivity contribution is 5.45. The molecule has 6 heteroatoms. The smallest absolute Gasteiger partial charge is 0.274 e. The number of methoxy groups -OCH3 is 1. The number of piperazine rings is 1. The second-order valence-corrected chi connectivity index (χ2v) is 4.28.